The normalized spacial score (nSPS) is 11.1. The maximum atomic E-state index is 4.78. The minimum Gasteiger partial charge on any atom is -0.295 e. The highest BCUT2D eigenvalue weighted by atomic mass is 15.2. The molecule has 14 rings (SSSR count). The van der Waals surface area contributed by atoms with Crippen molar-refractivity contribution in [2.45, 2.75) is 256 Å². The number of hydrogen-bond acceptors (Lipinski definition) is 9. The summed E-state index contributed by atoms with van der Waals surface area (Å²) in [7, 11) is 22.7. The van der Waals surface area contributed by atoms with Crippen LogP contribution in [0.5, 0.6) is 0 Å². The van der Waals surface area contributed by atoms with Crippen molar-refractivity contribution in [1.82, 2.24) is 58.6 Å². The van der Waals surface area contributed by atoms with Crippen molar-refractivity contribution in [3.63, 3.8) is 0 Å². The fraction of sp³-hybridized carbons (Fsp3) is 0.495. The Morgan fingerprint density at radius 2 is 0.581 bits per heavy atom. The molecule has 117 heavy (non-hydrogen) atoms. The first-order chi connectivity index (χ1) is 54.1. The highest BCUT2D eigenvalue weighted by molar-refractivity contribution is 5.95. The molecule has 0 fully saturated rings. The first kappa shape index (κ1) is 93.8. The summed E-state index contributed by atoms with van der Waals surface area (Å²) < 4.78 is 23.7. The number of benzene rings is 3. The van der Waals surface area contributed by atoms with Crippen LogP contribution in [0.3, 0.4) is 0 Å². The molecule has 0 atom stereocenters. The summed E-state index contributed by atoms with van der Waals surface area (Å²) in [6.07, 6.45) is 0. The van der Waals surface area contributed by atoms with E-state index in [1.807, 2.05) is 123 Å². The molecule has 0 aliphatic rings. The zero-order valence-electron chi connectivity index (χ0n) is 81.4. The summed E-state index contributed by atoms with van der Waals surface area (Å²) in [6, 6.07) is 0. The van der Waals surface area contributed by atoms with Gasteiger partial charge in [0.25, 0.3) is 22.9 Å². The highest BCUT2D eigenvalue weighted by Crippen LogP contribution is 2.35. The van der Waals surface area contributed by atoms with E-state index in [2.05, 4.69) is 301 Å². The molecule has 3 aromatic carbocycles. The molecule has 624 valence electrons. The Morgan fingerprint density at radius 1 is 0.214 bits per heavy atom. The summed E-state index contributed by atoms with van der Waals surface area (Å²) in [5, 5.41) is 5.81. The second kappa shape index (κ2) is 36.2. The van der Waals surface area contributed by atoms with Gasteiger partial charge in [0.2, 0.25) is 23.0 Å². The molecule has 0 amide bonds. The molecule has 0 radical (unpaired) electrons. The molecule has 11 heterocycles. The minimum atomic E-state index is 0.830. The SMILES string of the molecule is Cc1c(C)c(C)c2c(C)[n+](C)c(C)c(C)c2c1C.Cc1c(C)c(C)c2c(C)[n+](C)c(C)c(C)c2c1C.Cc1nc(C)[n+](C)c(C)c1C.Cc1nc(C)[n+](C)c2c1nc(C)n2C.Cc1nc(C)c(C)[n+](C)c1C.Cc1nc(C)c2c(n1)[n+](C)c(C)n2C.Cc1nc2c(C)[n+](C)c(C)nc2n1C.Cc1nc2c(C)c(C)c(C)c(C)c2[n+](C)c1C. The Labute approximate surface area is 700 Å². The smallest absolute Gasteiger partial charge is 0.295 e. The number of aromatic nitrogens is 20. The van der Waals surface area contributed by atoms with Crippen molar-refractivity contribution >= 4 is 66.1 Å². The van der Waals surface area contributed by atoms with Crippen LogP contribution in [0.15, 0.2) is 0 Å². The standard InChI is InChI=1S/2C17H24N.C15H21N2.3C10H15N4.2C9H15N2/c2*1-9-10(2)12(4)17-15(7)18(8)14(6)13(5)16(17)11(9)3;1-8-9(2)11(4)15-14(10(8)3)16-12(5)13(6)17(15)7;1-6-9-10(12-8(3)13(6)4)14(5)7(2)11-9;1-6-9-10(13(4)7(2)11-6)14(5)8(3)12-9;1-6-9-10(12-7(2)11-6)14(5)8(3)13(9)4;1-6-8(3)11(5)9(4)7(2)10-6;1-6-7(2)10-9(4)11(5)8(6)3/h2*1-8H3;1-7H3;3*1-5H3;2*1-5H3/q8*+1. The van der Waals surface area contributed by atoms with Crippen LogP contribution in [0.4, 0.5) is 0 Å². The molecule has 0 spiro atoms. The number of nitrogens with zero attached hydrogens (tertiary/aromatic N) is 20. The highest BCUT2D eigenvalue weighted by Gasteiger charge is 2.28. The number of fused-ring (bicyclic) bond motifs is 6. The second-order valence-electron chi connectivity index (χ2n) is 33.4. The molecule has 0 aliphatic carbocycles. The van der Waals surface area contributed by atoms with E-state index >= 15 is 0 Å². The molecule has 0 bridgehead atoms. The minimum absolute atomic E-state index is 0.830. The van der Waals surface area contributed by atoms with Crippen molar-refractivity contribution in [1.29, 1.82) is 0 Å². The Bertz CT molecular complexity index is 5860. The molecule has 0 saturated carbocycles. The van der Waals surface area contributed by atoms with Crippen LogP contribution in [-0.2, 0) is 77.5 Å². The van der Waals surface area contributed by atoms with Crippen LogP contribution in [0, 0.1) is 256 Å². The van der Waals surface area contributed by atoms with Crippen LogP contribution in [-0.4, -0.2) is 58.6 Å². The van der Waals surface area contributed by atoms with Crippen LogP contribution in [0.2, 0.25) is 0 Å². The average Bonchev–Trinajstić information content (AvgIpc) is 1.67. The Kier molecular flexibility index (Phi) is 29.1. The van der Waals surface area contributed by atoms with Crippen LogP contribution in [0.25, 0.3) is 66.1 Å². The van der Waals surface area contributed by atoms with E-state index < -0.39 is 0 Å². The van der Waals surface area contributed by atoms with E-state index in [0.717, 1.165) is 114 Å². The third kappa shape index (κ3) is 17.6. The first-order valence-electron chi connectivity index (χ1n) is 41.1. The van der Waals surface area contributed by atoms with Crippen LogP contribution in [0.1, 0.15) is 210 Å². The van der Waals surface area contributed by atoms with Crippen molar-refractivity contribution < 1.29 is 36.5 Å². The number of rotatable bonds is 0. The molecule has 0 aliphatic heterocycles. The zero-order valence-corrected chi connectivity index (χ0v) is 81.4. The monoisotopic (exact) mass is 1590 g/mol. The van der Waals surface area contributed by atoms with E-state index in [1.54, 1.807) is 0 Å². The molecule has 0 unspecified atom stereocenters. The van der Waals surface area contributed by atoms with Gasteiger partial charge in [-0.15, -0.1) is 4.98 Å². The molecule has 0 saturated heterocycles. The van der Waals surface area contributed by atoms with Crippen molar-refractivity contribution in [2.75, 3.05) is 0 Å². The number of hydrogen-bond donors (Lipinski definition) is 0. The van der Waals surface area contributed by atoms with Gasteiger partial charge in [0, 0.05) is 144 Å². The summed E-state index contributed by atoms with van der Waals surface area (Å²) in [5.41, 5.74) is 47.9. The third-order valence-electron chi connectivity index (χ3n) is 27.4. The van der Waals surface area contributed by atoms with Gasteiger partial charge < -0.3 is 0 Å². The van der Waals surface area contributed by atoms with Gasteiger partial charge in [-0.25, -0.2) is 56.9 Å². The molecule has 11 aromatic heterocycles. The zero-order chi connectivity index (χ0) is 89.0. The molecule has 0 N–H and O–H groups in total. The predicted molar refractivity (Wildman–Crippen MR) is 478 cm³/mol. The maximum Gasteiger partial charge on any atom is 0.305 e. The van der Waals surface area contributed by atoms with E-state index in [-0.39, 0.29) is 0 Å². The summed E-state index contributed by atoms with van der Waals surface area (Å²) >= 11 is 0. The average molecular weight is 1590 g/mol. The Hall–Kier alpha value is -10.4. The van der Waals surface area contributed by atoms with E-state index in [1.165, 1.54) is 162 Å². The van der Waals surface area contributed by atoms with Gasteiger partial charge in [-0.1, -0.05) is 9.97 Å². The maximum absolute atomic E-state index is 4.78. The molecular formula is C97H144N20+8. The third-order valence-corrected chi connectivity index (χ3v) is 27.4. The lowest BCUT2D eigenvalue weighted by atomic mass is 9.88. The van der Waals surface area contributed by atoms with Gasteiger partial charge in [0.15, 0.2) is 67.9 Å². The molecular weight excluding hydrogens is 1450 g/mol. The lowest BCUT2D eigenvalue weighted by molar-refractivity contribution is -0.687. The van der Waals surface area contributed by atoms with Gasteiger partial charge in [0.1, 0.15) is 73.7 Å². The van der Waals surface area contributed by atoms with Gasteiger partial charge in [-0.3, -0.25) is 9.13 Å². The number of imidazole rings is 3. The second-order valence-corrected chi connectivity index (χ2v) is 33.4. The van der Waals surface area contributed by atoms with Crippen molar-refractivity contribution in [2.24, 2.45) is 77.5 Å². The first-order valence-corrected chi connectivity index (χ1v) is 41.1. The largest absolute Gasteiger partial charge is 0.305 e. The van der Waals surface area contributed by atoms with E-state index in [9.17, 15) is 0 Å². The van der Waals surface area contributed by atoms with Gasteiger partial charge >= 0.3 is 5.65 Å². The van der Waals surface area contributed by atoms with E-state index in [0.29, 0.717) is 0 Å². The Balaban J connectivity index is 0.000000186. The van der Waals surface area contributed by atoms with Crippen molar-refractivity contribution in [3.8, 4) is 0 Å². The summed E-state index contributed by atoms with van der Waals surface area (Å²) in [5.74, 6) is 7.13. The van der Waals surface area contributed by atoms with E-state index in [4.69, 9.17) is 4.98 Å². The topological polar surface area (TPSA) is 162 Å². The van der Waals surface area contributed by atoms with Crippen LogP contribution >= 0.6 is 0 Å². The van der Waals surface area contributed by atoms with Gasteiger partial charge in [-0.05, 0) is 219 Å². The molecule has 20 heteroatoms. The molecule has 20 nitrogen and oxygen atoms in total. The van der Waals surface area contributed by atoms with Gasteiger partial charge in [0.05, 0.1) is 58.8 Å². The fourth-order valence-corrected chi connectivity index (χ4v) is 16.2. The fourth-order valence-electron chi connectivity index (χ4n) is 16.2. The quantitative estimate of drug-likeness (QED) is 0.135. The lowest BCUT2D eigenvalue weighted by Gasteiger charge is -2.17. The molecule has 14 aromatic rings. The van der Waals surface area contributed by atoms with Gasteiger partial charge in [-0.2, -0.15) is 9.13 Å². The number of aryl methyl sites for hydroxylation is 29. The lowest BCUT2D eigenvalue weighted by Crippen LogP contribution is -2.38. The van der Waals surface area contributed by atoms with Crippen LogP contribution < -0.4 is 36.5 Å². The number of pyridine rings is 2. The Morgan fingerprint density at radius 3 is 1.06 bits per heavy atom. The predicted octanol–water partition coefficient (Wildman–Crippen LogP) is 15.0. The summed E-state index contributed by atoms with van der Waals surface area (Å²) in [6.45, 7) is 79.1. The summed E-state index contributed by atoms with van der Waals surface area (Å²) in [4.78, 5) is 40.4. The van der Waals surface area contributed by atoms with Crippen molar-refractivity contribution in [3.05, 3.63) is 210 Å².